The number of benzene rings is 2. The molecule has 2 aromatic carbocycles. The lowest BCUT2D eigenvalue weighted by Crippen LogP contribution is -2.34. The molecule has 1 fully saturated rings. The van der Waals surface area contributed by atoms with Crippen molar-refractivity contribution in [3.05, 3.63) is 70.8 Å². The number of likely N-dealkylation sites (tertiary alicyclic amines) is 1. The Labute approximate surface area is 164 Å². The topological polar surface area (TPSA) is 101 Å². The number of rotatable bonds is 4. The van der Waals surface area contributed by atoms with Crippen LogP contribution in [0, 0.1) is 0 Å². The minimum absolute atomic E-state index is 0.0318. The van der Waals surface area contributed by atoms with Crippen molar-refractivity contribution in [2.24, 2.45) is 0 Å². The zero-order valence-corrected chi connectivity index (χ0v) is 15.5. The van der Waals surface area contributed by atoms with Crippen molar-refractivity contribution in [2.75, 3.05) is 20.1 Å². The third kappa shape index (κ3) is 4.86. The molecule has 0 aromatic heterocycles. The molecule has 0 saturated carbocycles. The van der Waals surface area contributed by atoms with E-state index >= 15 is 0 Å². The van der Waals surface area contributed by atoms with Crippen LogP contribution in [0.15, 0.2) is 59.7 Å². The normalized spacial score (nSPS) is 18.0. The van der Waals surface area contributed by atoms with Crippen LogP contribution in [0.1, 0.15) is 11.1 Å². The van der Waals surface area contributed by atoms with E-state index in [0.29, 0.717) is 35.2 Å². The number of Topliss-reactive ketones (excluding diaryl/α,β-unsaturated/α-hetero) is 1. The summed E-state index contributed by atoms with van der Waals surface area (Å²) in [5, 5.41) is 36.7. The summed E-state index contributed by atoms with van der Waals surface area (Å²) in [6, 6.07) is 13.4. The van der Waals surface area contributed by atoms with Gasteiger partial charge >= 0.3 is 14.2 Å². The largest absolute Gasteiger partial charge is 0.488 e. The highest BCUT2D eigenvalue weighted by atomic mass is 16.4. The Bertz CT molecular complexity index is 832. The summed E-state index contributed by atoms with van der Waals surface area (Å²) in [5.74, 6) is -0.0318. The van der Waals surface area contributed by atoms with E-state index in [0.717, 1.165) is 11.1 Å². The molecular weight excluding hydrogens is 356 g/mol. The van der Waals surface area contributed by atoms with Gasteiger partial charge in [-0.2, -0.15) is 0 Å². The summed E-state index contributed by atoms with van der Waals surface area (Å²) in [6.07, 6.45) is 3.62. The van der Waals surface area contributed by atoms with E-state index in [-0.39, 0.29) is 5.78 Å². The number of ketones is 1. The van der Waals surface area contributed by atoms with Gasteiger partial charge in [-0.1, -0.05) is 48.5 Å². The first-order valence-corrected chi connectivity index (χ1v) is 8.90. The van der Waals surface area contributed by atoms with Crippen LogP contribution in [0.3, 0.4) is 0 Å². The molecule has 0 unspecified atom stereocenters. The first-order valence-electron chi connectivity index (χ1n) is 8.90. The minimum atomic E-state index is -1.52. The summed E-state index contributed by atoms with van der Waals surface area (Å²) in [4.78, 5) is 14.9. The highest BCUT2D eigenvalue weighted by Crippen LogP contribution is 2.21. The summed E-state index contributed by atoms with van der Waals surface area (Å²) in [5.41, 5.74) is 3.71. The van der Waals surface area contributed by atoms with Crippen molar-refractivity contribution in [3.8, 4) is 0 Å². The summed E-state index contributed by atoms with van der Waals surface area (Å²) >= 11 is 0. The SMILES string of the molecule is CN1C/C(=C/c2ccc(B(O)O)cc2)C(=O)/C(=C/c2ccc(B(O)O)cc2)C1. The Morgan fingerprint density at radius 3 is 1.43 bits per heavy atom. The molecule has 0 aliphatic carbocycles. The molecule has 28 heavy (non-hydrogen) atoms. The van der Waals surface area contributed by atoms with Crippen molar-refractivity contribution in [1.82, 2.24) is 4.90 Å². The van der Waals surface area contributed by atoms with Crippen molar-refractivity contribution in [2.45, 2.75) is 0 Å². The zero-order valence-electron chi connectivity index (χ0n) is 15.5. The van der Waals surface area contributed by atoms with E-state index in [4.69, 9.17) is 0 Å². The summed E-state index contributed by atoms with van der Waals surface area (Å²) < 4.78 is 0. The van der Waals surface area contributed by atoms with Gasteiger partial charge in [0.1, 0.15) is 0 Å². The molecule has 1 heterocycles. The molecule has 142 valence electrons. The van der Waals surface area contributed by atoms with Crippen LogP contribution in [0.25, 0.3) is 12.2 Å². The van der Waals surface area contributed by atoms with Gasteiger partial charge in [0.2, 0.25) is 0 Å². The van der Waals surface area contributed by atoms with Crippen LogP contribution in [0.2, 0.25) is 0 Å². The van der Waals surface area contributed by atoms with E-state index in [1.54, 1.807) is 48.5 Å². The van der Waals surface area contributed by atoms with Gasteiger partial charge in [-0.15, -0.1) is 0 Å². The zero-order chi connectivity index (χ0) is 20.3. The second kappa shape index (κ2) is 8.68. The number of carbonyl (C=O) groups excluding carboxylic acids is 1. The lowest BCUT2D eigenvalue weighted by atomic mass is 9.80. The van der Waals surface area contributed by atoms with E-state index in [1.807, 2.05) is 24.1 Å². The molecule has 8 heteroatoms. The van der Waals surface area contributed by atoms with Crippen molar-refractivity contribution >= 4 is 43.1 Å². The Balaban J connectivity index is 1.85. The standard InChI is InChI=1S/C20H21B2NO5/c1-23-12-16(10-14-2-6-18(7-3-14)21(25)26)20(24)17(13-23)11-15-4-8-19(9-5-15)22(27)28/h2-11,25-28H,12-13H2,1H3/b16-10-,17-11+. The molecule has 0 amide bonds. The lowest BCUT2D eigenvalue weighted by molar-refractivity contribution is -0.113. The van der Waals surface area contributed by atoms with E-state index < -0.39 is 14.2 Å². The molecule has 4 N–H and O–H groups in total. The van der Waals surface area contributed by atoms with Gasteiger partial charge in [0.25, 0.3) is 0 Å². The number of hydrogen-bond donors (Lipinski definition) is 4. The smallest absolute Gasteiger partial charge is 0.423 e. The third-order valence-corrected chi connectivity index (χ3v) is 4.61. The maximum absolute atomic E-state index is 12.9. The number of nitrogens with zero attached hydrogens (tertiary/aromatic N) is 1. The highest BCUT2D eigenvalue weighted by Gasteiger charge is 2.24. The van der Waals surface area contributed by atoms with Crippen LogP contribution in [0.4, 0.5) is 0 Å². The lowest BCUT2D eigenvalue weighted by Gasteiger charge is -2.26. The summed E-state index contributed by atoms with van der Waals surface area (Å²) in [7, 11) is -1.10. The Hall–Kier alpha value is -2.48. The Morgan fingerprint density at radius 1 is 0.750 bits per heavy atom. The van der Waals surface area contributed by atoms with Gasteiger partial charge in [0.15, 0.2) is 5.78 Å². The second-order valence-corrected chi connectivity index (χ2v) is 6.92. The molecule has 1 saturated heterocycles. The fourth-order valence-electron chi connectivity index (χ4n) is 3.14. The monoisotopic (exact) mass is 377 g/mol. The van der Waals surface area contributed by atoms with Gasteiger partial charge < -0.3 is 20.1 Å². The van der Waals surface area contributed by atoms with Crippen LogP contribution in [-0.4, -0.2) is 65.2 Å². The van der Waals surface area contributed by atoms with Gasteiger partial charge in [0.05, 0.1) is 0 Å². The first kappa shape index (κ1) is 20.3. The van der Waals surface area contributed by atoms with Crippen LogP contribution >= 0.6 is 0 Å². The maximum Gasteiger partial charge on any atom is 0.488 e. The molecule has 3 rings (SSSR count). The average molecular weight is 377 g/mol. The van der Waals surface area contributed by atoms with Gasteiger partial charge in [0, 0.05) is 24.2 Å². The molecule has 2 aromatic rings. The fraction of sp³-hybridized carbons (Fsp3) is 0.150. The van der Waals surface area contributed by atoms with E-state index in [1.165, 1.54) is 0 Å². The van der Waals surface area contributed by atoms with Crippen molar-refractivity contribution in [3.63, 3.8) is 0 Å². The predicted molar refractivity (Wildman–Crippen MR) is 111 cm³/mol. The van der Waals surface area contributed by atoms with Gasteiger partial charge in [-0.3, -0.25) is 9.69 Å². The average Bonchev–Trinajstić information content (AvgIpc) is 2.66. The summed E-state index contributed by atoms with van der Waals surface area (Å²) in [6.45, 7) is 1.05. The molecule has 0 spiro atoms. The Kier molecular flexibility index (Phi) is 6.28. The molecule has 0 atom stereocenters. The number of likely N-dealkylation sites (N-methyl/N-ethyl adjacent to an activating group) is 1. The maximum atomic E-state index is 12.9. The molecule has 1 aliphatic rings. The van der Waals surface area contributed by atoms with Crippen molar-refractivity contribution in [1.29, 1.82) is 0 Å². The molecule has 1 aliphatic heterocycles. The molecule has 0 radical (unpaired) electrons. The number of hydrogen-bond acceptors (Lipinski definition) is 6. The van der Waals surface area contributed by atoms with Crippen LogP contribution in [0.5, 0.6) is 0 Å². The van der Waals surface area contributed by atoms with Crippen molar-refractivity contribution < 1.29 is 24.9 Å². The molecular formula is C20H21B2NO5. The van der Waals surface area contributed by atoms with E-state index in [9.17, 15) is 24.9 Å². The molecule has 6 nitrogen and oxygen atoms in total. The van der Waals surface area contributed by atoms with Gasteiger partial charge in [-0.05, 0) is 41.3 Å². The number of piperidine rings is 1. The van der Waals surface area contributed by atoms with Crippen LogP contribution in [-0.2, 0) is 4.79 Å². The van der Waals surface area contributed by atoms with Crippen LogP contribution < -0.4 is 10.9 Å². The second-order valence-electron chi connectivity index (χ2n) is 6.92. The fourth-order valence-corrected chi connectivity index (χ4v) is 3.14. The predicted octanol–water partition coefficient (Wildman–Crippen LogP) is -0.972. The molecule has 0 bridgehead atoms. The van der Waals surface area contributed by atoms with Gasteiger partial charge in [-0.25, -0.2) is 0 Å². The number of carbonyl (C=O) groups is 1. The first-order chi connectivity index (χ1) is 13.3. The highest BCUT2D eigenvalue weighted by molar-refractivity contribution is 6.58. The Morgan fingerprint density at radius 2 is 1.11 bits per heavy atom. The quantitative estimate of drug-likeness (QED) is 0.404. The minimum Gasteiger partial charge on any atom is -0.423 e. The van der Waals surface area contributed by atoms with E-state index in [2.05, 4.69) is 0 Å². The third-order valence-electron chi connectivity index (χ3n) is 4.61.